The van der Waals surface area contributed by atoms with Gasteiger partial charge in [-0.25, -0.2) is 4.98 Å². The molecule has 1 amide bonds. The van der Waals surface area contributed by atoms with Crippen LogP contribution >= 0.6 is 0 Å². The van der Waals surface area contributed by atoms with E-state index < -0.39 is 0 Å². The molecule has 2 saturated carbocycles. The zero-order valence-corrected chi connectivity index (χ0v) is 13.9. The smallest absolute Gasteiger partial charge is 0.254 e. The summed E-state index contributed by atoms with van der Waals surface area (Å²) in [5.41, 5.74) is 1.67. The summed E-state index contributed by atoms with van der Waals surface area (Å²) in [6, 6.07) is 8.18. The van der Waals surface area contributed by atoms with Gasteiger partial charge < -0.3 is 4.90 Å². The first kappa shape index (κ1) is 15.4. The van der Waals surface area contributed by atoms with Crippen LogP contribution in [0.25, 0.3) is 11.4 Å². The largest absolute Gasteiger partial charge is 0.335 e. The number of benzene rings is 1. The standard InChI is InChI=1S/C19H24N4O/c24-19(16-8-4-7-15(11-16)18-20-13-21-22-18)23(17-9-10-17)12-14-5-2-1-3-6-14/h4,7-8,11,13-14,17H,1-3,5-6,9-10,12H2,(H,20,21,22). The highest BCUT2D eigenvalue weighted by Crippen LogP contribution is 2.32. The Bertz CT molecular complexity index is 687. The lowest BCUT2D eigenvalue weighted by molar-refractivity contribution is 0.0699. The van der Waals surface area contributed by atoms with Gasteiger partial charge >= 0.3 is 0 Å². The molecule has 0 aliphatic heterocycles. The van der Waals surface area contributed by atoms with Crippen molar-refractivity contribution in [2.24, 2.45) is 5.92 Å². The summed E-state index contributed by atoms with van der Waals surface area (Å²) >= 11 is 0. The molecule has 2 aliphatic carbocycles. The summed E-state index contributed by atoms with van der Waals surface area (Å²) in [5.74, 6) is 1.56. The van der Waals surface area contributed by atoms with Gasteiger partial charge in [0, 0.05) is 23.7 Å². The topological polar surface area (TPSA) is 61.9 Å². The number of H-pyrrole nitrogens is 1. The van der Waals surface area contributed by atoms with Gasteiger partial charge in [0.05, 0.1) is 0 Å². The van der Waals surface area contributed by atoms with Gasteiger partial charge in [0.1, 0.15) is 6.33 Å². The summed E-state index contributed by atoms with van der Waals surface area (Å²) in [6.07, 6.45) is 10.3. The Balaban J connectivity index is 1.53. The fourth-order valence-electron chi connectivity index (χ4n) is 3.74. The van der Waals surface area contributed by atoms with Crippen LogP contribution in [0.5, 0.6) is 0 Å². The van der Waals surface area contributed by atoms with Crippen LogP contribution in [0.3, 0.4) is 0 Å². The van der Waals surface area contributed by atoms with Gasteiger partial charge in [-0.3, -0.25) is 9.89 Å². The molecule has 0 radical (unpaired) electrons. The van der Waals surface area contributed by atoms with Crippen molar-refractivity contribution < 1.29 is 4.79 Å². The van der Waals surface area contributed by atoms with Crippen LogP contribution in [0.1, 0.15) is 55.3 Å². The number of aromatic nitrogens is 3. The van der Waals surface area contributed by atoms with Crippen molar-refractivity contribution in [3.63, 3.8) is 0 Å². The molecule has 5 heteroatoms. The first-order valence-corrected chi connectivity index (χ1v) is 9.08. The molecule has 0 atom stereocenters. The molecule has 1 N–H and O–H groups in total. The average Bonchev–Trinajstić information content (AvgIpc) is 3.33. The highest BCUT2D eigenvalue weighted by molar-refractivity contribution is 5.95. The molecule has 1 heterocycles. The van der Waals surface area contributed by atoms with Crippen molar-refractivity contribution in [3.05, 3.63) is 36.2 Å². The van der Waals surface area contributed by atoms with Crippen LogP contribution < -0.4 is 0 Å². The van der Waals surface area contributed by atoms with E-state index in [9.17, 15) is 4.79 Å². The molecule has 2 fully saturated rings. The molecule has 1 aromatic heterocycles. The molecule has 5 nitrogen and oxygen atoms in total. The zero-order chi connectivity index (χ0) is 16.4. The molecule has 0 unspecified atom stereocenters. The first-order valence-electron chi connectivity index (χ1n) is 9.08. The number of aromatic amines is 1. The van der Waals surface area contributed by atoms with Gasteiger partial charge in [0.25, 0.3) is 5.91 Å². The molecule has 126 valence electrons. The van der Waals surface area contributed by atoms with Gasteiger partial charge in [-0.1, -0.05) is 31.4 Å². The second-order valence-electron chi connectivity index (χ2n) is 7.11. The van der Waals surface area contributed by atoms with Crippen LogP contribution in [0.4, 0.5) is 0 Å². The Kier molecular flexibility index (Phi) is 4.32. The second kappa shape index (κ2) is 6.75. The third-order valence-electron chi connectivity index (χ3n) is 5.23. The predicted octanol–water partition coefficient (Wildman–Crippen LogP) is 3.66. The maximum atomic E-state index is 13.1. The Labute approximate surface area is 142 Å². The molecular weight excluding hydrogens is 300 g/mol. The van der Waals surface area contributed by atoms with E-state index in [0.717, 1.165) is 30.5 Å². The molecule has 2 aromatic rings. The Morgan fingerprint density at radius 2 is 2.00 bits per heavy atom. The number of amides is 1. The molecule has 0 spiro atoms. The van der Waals surface area contributed by atoms with Crippen molar-refractivity contribution in [2.75, 3.05) is 6.54 Å². The molecule has 0 bridgehead atoms. The lowest BCUT2D eigenvalue weighted by Gasteiger charge is -2.30. The van der Waals surface area contributed by atoms with Crippen molar-refractivity contribution >= 4 is 5.91 Å². The van der Waals surface area contributed by atoms with E-state index in [0.29, 0.717) is 17.8 Å². The first-order chi connectivity index (χ1) is 11.8. The third kappa shape index (κ3) is 3.35. The van der Waals surface area contributed by atoms with Crippen molar-refractivity contribution in [1.82, 2.24) is 20.1 Å². The molecule has 24 heavy (non-hydrogen) atoms. The SMILES string of the molecule is O=C(c1cccc(-c2ncn[nH]2)c1)N(CC1CCCCC1)C1CC1. The van der Waals surface area contributed by atoms with Crippen LogP contribution in [0.2, 0.25) is 0 Å². The van der Waals surface area contributed by atoms with Crippen LogP contribution in [0.15, 0.2) is 30.6 Å². The van der Waals surface area contributed by atoms with Crippen molar-refractivity contribution in [3.8, 4) is 11.4 Å². The normalized spacial score (nSPS) is 18.5. The Morgan fingerprint density at radius 1 is 1.17 bits per heavy atom. The monoisotopic (exact) mass is 324 g/mol. The number of rotatable bonds is 5. The number of nitrogens with one attached hydrogen (secondary N) is 1. The maximum absolute atomic E-state index is 13.1. The number of carbonyl (C=O) groups excluding carboxylic acids is 1. The van der Waals surface area contributed by atoms with Crippen LogP contribution in [-0.4, -0.2) is 38.6 Å². The third-order valence-corrected chi connectivity index (χ3v) is 5.23. The summed E-state index contributed by atoms with van der Waals surface area (Å²) in [5, 5.41) is 6.76. The minimum absolute atomic E-state index is 0.171. The summed E-state index contributed by atoms with van der Waals surface area (Å²) in [4.78, 5) is 19.4. The van der Waals surface area contributed by atoms with E-state index in [-0.39, 0.29) is 5.91 Å². The molecule has 0 saturated heterocycles. The van der Waals surface area contributed by atoms with Gasteiger partial charge in [-0.15, -0.1) is 0 Å². The number of nitrogens with zero attached hydrogens (tertiary/aromatic N) is 3. The van der Waals surface area contributed by atoms with E-state index in [2.05, 4.69) is 20.1 Å². The minimum atomic E-state index is 0.171. The highest BCUT2D eigenvalue weighted by atomic mass is 16.2. The molecular formula is C19H24N4O. The van der Waals surface area contributed by atoms with Crippen molar-refractivity contribution in [1.29, 1.82) is 0 Å². The van der Waals surface area contributed by atoms with Crippen LogP contribution in [0, 0.1) is 5.92 Å². The summed E-state index contributed by atoms with van der Waals surface area (Å²) in [7, 11) is 0. The lowest BCUT2D eigenvalue weighted by Crippen LogP contribution is -2.37. The quantitative estimate of drug-likeness (QED) is 0.913. The fraction of sp³-hybridized carbons (Fsp3) is 0.526. The predicted molar refractivity (Wildman–Crippen MR) is 92.5 cm³/mol. The number of hydrogen-bond acceptors (Lipinski definition) is 3. The molecule has 4 rings (SSSR count). The molecule has 2 aliphatic rings. The summed E-state index contributed by atoms with van der Waals surface area (Å²) in [6.45, 7) is 0.927. The Morgan fingerprint density at radius 3 is 2.71 bits per heavy atom. The van der Waals surface area contributed by atoms with Crippen LogP contribution in [-0.2, 0) is 0 Å². The molecule has 1 aromatic carbocycles. The highest BCUT2D eigenvalue weighted by Gasteiger charge is 2.34. The van der Waals surface area contributed by atoms with Gasteiger partial charge in [0.15, 0.2) is 5.82 Å². The zero-order valence-electron chi connectivity index (χ0n) is 13.9. The van der Waals surface area contributed by atoms with E-state index in [4.69, 9.17) is 0 Å². The minimum Gasteiger partial charge on any atom is -0.335 e. The number of carbonyl (C=O) groups is 1. The van der Waals surface area contributed by atoms with E-state index in [1.165, 1.54) is 38.4 Å². The fourth-order valence-corrected chi connectivity index (χ4v) is 3.74. The Hall–Kier alpha value is -2.17. The average molecular weight is 324 g/mol. The van der Waals surface area contributed by atoms with Gasteiger partial charge in [-0.2, -0.15) is 5.10 Å². The maximum Gasteiger partial charge on any atom is 0.254 e. The number of hydrogen-bond donors (Lipinski definition) is 1. The van der Waals surface area contributed by atoms with Gasteiger partial charge in [0.2, 0.25) is 0 Å². The lowest BCUT2D eigenvalue weighted by atomic mass is 9.88. The van der Waals surface area contributed by atoms with E-state index >= 15 is 0 Å². The summed E-state index contributed by atoms with van der Waals surface area (Å²) < 4.78 is 0. The van der Waals surface area contributed by atoms with E-state index in [1.807, 2.05) is 24.3 Å². The van der Waals surface area contributed by atoms with E-state index in [1.54, 1.807) is 0 Å². The van der Waals surface area contributed by atoms with Crippen molar-refractivity contribution in [2.45, 2.75) is 51.0 Å². The second-order valence-corrected chi connectivity index (χ2v) is 7.11. The van der Waals surface area contributed by atoms with Gasteiger partial charge in [-0.05, 0) is 43.7 Å².